The summed E-state index contributed by atoms with van der Waals surface area (Å²) >= 11 is 8.00. The summed E-state index contributed by atoms with van der Waals surface area (Å²) < 4.78 is 16.6. The monoisotopic (exact) mass is 387 g/mol. The van der Waals surface area contributed by atoms with Crippen molar-refractivity contribution in [2.75, 3.05) is 0 Å². The van der Waals surface area contributed by atoms with Crippen molar-refractivity contribution in [3.05, 3.63) is 77.7 Å². The lowest BCUT2D eigenvalue weighted by Gasteiger charge is -2.10. The van der Waals surface area contributed by atoms with Crippen LogP contribution in [-0.4, -0.2) is 4.98 Å². The van der Waals surface area contributed by atoms with Crippen LogP contribution in [0, 0.1) is 5.82 Å². The van der Waals surface area contributed by atoms with Gasteiger partial charge >= 0.3 is 0 Å². The molecule has 2 heterocycles. The Bertz CT molecular complexity index is 1550. The number of fused-ring (bicyclic) bond motifs is 9. The van der Waals surface area contributed by atoms with Crippen LogP contribution in [0.15, 0.2) is 66.7 Å². The van der Waals surface area contributed by atoms with Crippen LogP contribution in [0.3, 0.4) is 0 Å². The molecular formula is C23H11ClFNS. The molecule has 0 aliphatic rings. The van der Waals surface area contributed by atoms with Crippen molar-refractivity contribution < 1.29 is 4.39 Å². The quantitative estimate of drug-likeness (QED) is 0.192. The molecule has 0 spiro atoms. The van der Waals surface area contributed by atoms with Gasteiger partial charge in [-0.2, -0.15) is 0 Å². The number of hydrogen-bond donors (Lipinski definition) is 0. The third kappa shape index (κ3) is 2.01. The predicted octanol–water partition coefficient (Wildman–Crippen LogP) is 7.70. The van der Waals surface area contributed by atoms with E-state index in [1.165, 1.54) is 17.4 Å². The maximum Gasteiger partial charge on any atom is 0.147 e. The summed E-state index contributed by atoms with van der Waals surface area (Å²) in [6, 6.07) is 21.7. The van der Waals surface area contributed by atoms with E-state index in [2.05, 4.69) is 35.3 Å². The normalized spacial score (nSPS) is 12.1. The molecule has 4 heteroatoms. The highest BCUT2D eigenvalue weighted by Crippen LogP contribution is 2.45. The molecule has 0 amide bonds. The van der Waals surface area contributed by atoms with Gasteiger partial charge in [-0.15, -0.1) is 11.3 Å². The second-order valence-electron chi connectivity index (χ2n) is 6.67. The molecule has 0 radical (unpaired) electrons. The number of halogens is 2. The highest BCUT2D eigenvalue weighted by molar-refractivity contribution is 7.26. The first-order chi connectivity index (χ1) is 13.2. The summed E-state index contributed by atoms with van der Waals surface area (Å²) in [5, 5.41) is 7.40. The molecular weight excluding hydrogens is 377 g/mol. The van der Waals surface area contributed by atoms with E-state index in [1.54, 1.807) is 6.07 Å². The Hall–Kier alpha value is -2.75. The van der Waals surface area contributed by atoms with Gasteiger partial charge in [0.1, 0.15) is 11.0 Å². The van der Waals surface area contributed by atoms with Crippen molar-refractivity contribution in [2.24, 2.45) is 0 Å². The minimum absolute atomic E-state index is 0.223. The van der Waals surface area contributed by atoms with Gasteiger partial charge in [0.15, 0.2) is 0 Å². The lowest BCUT2D eigenvalue weighted by molar-refractivity contribution is 0.641. The molecule has 128 valence electrons. The Morgan fingerprint density at radius 2 is 1.56 bits per heavy atom. The van der Waals surface area contributed by atoms with E-state index in [0.29, 0.717) is 10.5 Å². The molecule has 2 aromatic heterocycles. The fourth-order valence-electron chi connectivity index (χ4n) is 4.08. The zero-order chi connectivity index (χ0) is 18.1. The molecule has 4 aromatic carbocycles. The molecule has 6 aromatic rings. The summed E-state index contributed by atoms with van der Waals surface area (Å²) in [6.07, 6.45) is 0. The minimum Gasteiger partial charge on any atom is -0.235 e. The van der Waals surface area contributed by atoms with Crippen molar-refractivity contribution in [2.45, 2.75) is 0 Å². The summed E-state index contributed by atoms with van der Waals surface area (Å²) in [6.45, 7) is 0. The van der Waals surface area contributed by atoms with Gasteiger partial charge in [0.05, 0.1) is 10.2 Å². The fourth-order valence-corrected chi connectivity index (χ4v) is 5.48. The number of nitrogens with zero attached hydrogens (tertiary/aromatic N) is 1. The highest BCUT2D eigenvalue weighted by atomic mass is 35.5. The molecule has 0 aliphatic heterocycles. The number of benzene rings is 4. The molecule has 0 bridgehead atoms. The van der Waals surface area contributed by atoms with Crippen molar-refractivity contribution in [3.8, 4) is 0 Å². The number of aromatic nitrogens is 1. The Labute approximate surface area is 162 Å². The molecule has 6 rings (SSSR count). The first-order valence-electron chi connectivity index (χ1n) is 8.63. The minimum atomic E-state index is -0.223. The first kappa shape index (κ1) is 15.3. The fraction of sp³-hybridized carbons (Fsp3) is 0. The van der Waals surface area contributed by atoms with Gasteiger partial charge in [-0.1, -0.05) is 60.1 Å². The van der Waals surface area contributed by atoms with E-state index in [1.807, 2.05) is 24.3 Å². The van der Waals surface area contributed by atoms with E-state index < -0.39 is 0 Å². The van der Waals surface area contributed by atoms with Crippen LogP contribution in [0.25, 0.3) is 52.6 Å². The summed E-state index contributed by atoms with van der Waals surface area (Å²) in [5.41, 5.74) is 0.791. The lowest BCUT2D eigenvalue weighted by Crippen LogP contribution is -1.87. The van der Waals surface area contributed by atoms with Gasteiger partial charge < -0.3 is 0 Å². The van der Waals surface area contributed by atoms with Crippen LogP contribution in [0.4, 0.5) is 4.39 Å². The Balaban J connectivity index is 2.05. The van der Waals surface area contributed by atoms with E-state index in [0.717, 1.165) is 47.2 Å². The third-order valence-electron chi connectivity index (χ3n) is 5.21. The van der Waals surface area contributed by atoms with Gasteiger partial charge in [-0.25, -0.2) is 9.37 Å². The van der Waals surface area contributed by atoms with Crippen LogP contribution in [0.2, 0.25) is 5.15 Å². The van der Waals surface area contributed by atoms with Gasteiger partial charge in [0.25, 0.3) is 0 Å². The van der Waals surface area contributed by atoms with E-state index in [9.17, 15) is 4.39 Å². The molecule has 1 nitrogen and oxygen atoms in total. The average Bonchev–Trinajstić information content (AvgIpc) is 3.09. The van der Waals surface area contributed by atoms with Gasteiger partial charge in [0.2, 0.25) is 0 Å². The average molecular weight is 388 g/mol. The standard InChI is InChI=1S/C23H11ClFNS/c24-23-22-21(19-15(25)6-3-7-17(19)27-22)20-16(26-23)11-10-13-9-8-12-4-1-2-5-14(12)18(13)20/h1-11H. The van der Waals surface area contributed by atoms with E-state index in [-0.39, 0.29) is 5.82 Å². The van der Waals surface area contributed by atoms with Crippen molar-refractivity contribution in [3.63, 3.8) is 0 Å². The molecule has 0 N–H and O–H groups in total. The Morgan fingerprint density at radius 1 is 0.741 bits per heavy atom. The SMILES string of the molecule is Fc1cccc2sc3c(Cl)nc4ccc5ccc6ccccc6c5c4c3c12. The molecule has 0 saturated carbocycles. The number of rotatable bonds is 0. The largest absolute Gasteiger partial charge is 0.235 e. The van der Waals surface area contributed by atoms with Gasteiger partial charge in [-0.05, 0) is 39.7 Å². The molecule has 0 aliphatic carbocycles. The second-order valence-corrected chi connectivity index (χ2v) is 8.08. The van der Waals surface area contributed by atoms with Crippen LogP contribution in [0.5, 0.6) is 0 Å². The second kappa shape index (κ2) is 5.38. The topological polar surface area (TPSA) is 12.9 Å². The van der Waals surface area contributed by atoms with Crippen molar-refractivity contribution >= 4 is 75.6 Å². The molecule has 0 unspecified atom stereocenters. The summed E-state index contributed by atoms with van der Waals surface area (Å²) in [7, 11) is 0. The summed E-state index contributed by atoms with van der Waals surface area (Å²) in [5.74, 6) is -0.223. The van der Waals surface area contributed by atoms with E-state index in [4.69, 9.17) is 11.6 Å². The van der Waals surface area contributed by atoms with Crippen LogP contribution in [0.1, 0.15) is 0 Å². The maximum atomic E-state index is 14.9. The number of pyridine rings is 1. The zero-order valence-electron chi connectivity index (χ0n) is 14.0. The molecule has 0 saturated heterocycles. The van der Waals surface area contributed by atoms with Crippen LogP contribution in [-0.2, 0) is 0 Å². The van der Waals surface area contributed by atoms with Crippen LogP contribution < -0.4 is 0 Å². The van der Waals surface area contributed by atoms with Crippen LogP contribution >= 0.6 is 22.9 Å². The van der Waals surface area contributed by atoms with Crippen molar-refractivity contribution in [1.29, 1.82) is 0 Å². The highest BCUT2D eigenvalue weighted by Gasteiger charge is 2.18. The van der Waals surface area contributed by atoms with Gasteiger partial charge in [-0.3, -0.25) is 0 Å². The lowest BCUT2D eigenvalue weighted by atomic mass is 9.96. The summed E-state index contributed by atoms with van der Waals surface area (Å²) in [4.78, 5) is 4.64. The number of thiophene rings is 1. The van der Waals surface area contributed by atoms with Crippen molar-refractivity contribution in [1.82, 2.24) is 4.98 Å². The Kier molecular flexibility index (Phi) is 3.05. The third-order valence-corrected chi connectivity index (χ3v) is 6.76. The smallest absolute Gasteiger partial charge is 0.147 e. The predicted molar refractivity (Wildman–Crippen MR) is 115 cm³/mol. The maximum absolute atomic E-state index is 14.9. The molecule has 0 atom stereocenters. The van der Waals surface area contributed by atoms with E-state index >= 15 is 0 Å². The molecule has 27 heavy (non-hydrogen) atoms. The Morgan fingerprint density at radius 3 is 2.48 bits per heavy atom. The first-order valence-corrected chi connectivity index (χ1v) is 9.82. The molecule has 0 fully saturated rings. The zero-order valence-corrected chi connectivity index (χ0v) is 15.5. The number of hydrogen-bond acceptors (Lipinski definition) is 2. The van der Waals surface area contributed by atoms with Gasteiger partial charge in [0, 0.05) is 20.9 Å².